The summed E-state index contributed by atoms with van der Waals surface area (Å²) in [4.78, 5) is 18.0. The highest BCUT2D eigenvalue weighted by Crippen LogP contribution is 2.38. The van der Waals surface area contributed by atoms with Crippen molar-refractivity contribution in [3.8, 4) is 0 Å². The van der Waals surface area contributed by atoms with Gasteiger partial charge in [0.1, 0.15) is 11.9 Å². The van der Waals surface area contributed by atoms with Crippen molar-refractivity contribution in [1.82, 2.24) is 9.88 Å². The molecule has 0 spiro atoms. The molecule has 1 saturated heterocycles. The van der Waals surface area contributed by atoms with E-state index in [4.69, 9.17) is 4.43 Å². The molecule has 6 nitrogen and oxygen atoms in total. The van der Waals surface area contributed by atoms with Gasteiger partial charge in [-0.05, 0) is 30.3 Å². The van der Waals surface area contributed by atoms with Crippen molar-refractivity contribution in [2.75, 3.05) is 25.0 Å². The van der Waals surface area contributed by atoms with Crippen LogP contribution in [0.3, 0.4) is 0 Å². The molecule has 1 atom stereocenters. The highest BCUT2D eigenvalue weighted by Gasteiger charge is 2.42. The summed E-state index contributed by atoms with van der Waals surface area (Å²) < 4.78 is 6.31. The number of β-amino-alcohol motifs (C(OH)–C–C–N with tert-alkyl or cyclic N) is 1. The van der Waals surface area contributed by atoms with Crippen LogP contribution in [0.1, 0.15) is 20.8 Å². The summed E-state index contributed by atoms with van der Waals surface area (Å²) in [6, 6.07) is 5.25. The smallest absolute Gasteiger partial charge is 0.255 e. The van der Waals surface area contributed by atoms with Crippen molar-refractivity contribution < 1.29 is 14.3 Å². The number of likely N-dealkylation sites (tertiary alicyclic amines) is 1. The van der Waals surface area contributed by atoms with E-state index in [0.29, 0.717) is 12.4 Å². The van der Waals surface area contributed by atoms with Gasteiger partial charge in [-0.25, -0.2) is 4.98 Å². The third-order valence-electron chi connectivity index (χ3n) is 4.84. The van der Waals surface area contributed by atoms with E-state index < -0.39 is 20.3 Å². The molecule has 1 fully saturated rings. The first-order chi connectivity index (χ1) is 11.1. The molecule has 24 heavy (non-hydrogen) atoms. The number of anilines is 1. The Balaban J connectivity index is 1.74. The first-order valence-corrected chi connectivity index (χ1v) is 11.3. The fourth-order valence-electron chi connectivity index (χ4n) is 2.31. The Morgan fingerprint density at radius 2 is 2.12 bits per heavy atom. The number of aliphatic hydroxyl groups is 1. The fraction of sp³-hybridized carbons (Fsp3) is 0.647. The van der Waals surface area contributed by atoms with Crippen LogP contribution in [-0.2, 0) is 9.22 Å². The maximum absolute atomic E-state index is 12.0. The predicted molar refractivity (Wildman–Crippen MR) is 97.4 cm³/mol. The van der Waals surface area contributed by atoms with Crippen LogP contribution in [0.5, 0.6) is 0 Å². The van der Waals surface area contributed by atoms with Crippen LogP contribution in [0.2, 0.25) is 18.1 Å². The summed E-state index contributed by atoms with van der Waals surface area (Å²) in [5.74, 6) is 0.0201. The number of aliphatic hydroxyl groups excluding tert-OH is 1. The van der Waals surface area contributed by atoms with E-state index in [9.17, 15) is 9.90 Å². The lowest BCUT2D eigenvalue weighted by atomic mass is 10.1. The fourth-order valence-corrected chi connectivity index (χ4v) is 3.65. The van der Waals surface area contributed by atoms with Crippen LogP contribution in [0.25, 0.3) is 0 Å². The normalized spacial score (nSPS) is 18.1. The molecule has 7 heteroatoms. The average molecular weight is 352 g/mol. The maximum atomic E-state index is 12.0. The van der Waals surface area contributed by atoms with Crippen LogP contribution >= 0.6 is 0 Å². The highest BCUT2D eigenvalue weighted by molar-refractivity contribution is 6.74. The third-order valence-corrected chi connectivity index (χ3v) is 9.38. The van der Waals surface area contributed by atoms with Crippen molar-refractivity contribution in [1.29, 1.82) is 0 Å². The second-order valence-electron chi connectivity index (χ2n) is 7.94. The summed E-state index contributed by atoms with van der Waals surface area (Å²) in [6.45, 7) is 13.0. The van der Waals surface area contributed by atoms with Gasteiger partial charge in [0, 0.05) is 25.8 Å². The topological polar surface area (TPSA) is 74.7 Å². The first kappa shape index (κ1) is 19.0. The zero-order valence-electron chi connectivity index (χ0n) is 15.2. The molecule has 134 valence electrons. The Labute approximate surface area is 145 Å². The van der Waals surface area contributed by atoms with E-state index in [1.165, 1.54) is 0 Å². The quantitative estimate of drug-likeness (QED) is 0.768. The Morgan fingerprint density at radius 1 is 1.46 bits per heavy atom. The van der Waals surface area contributed by atoms with E-state index in [-0.39, 0.29) is 11.1 Å². The molecule has 1 aliphatic heterocycles. The minimum absolute atomic E-state index is 0.190. The van der Waals surface area contributed by atoms with Gasteiger partial charge in [-0.1, -0.05) is 26.8 Å². The molecule has 0 aliphatic carbocycles. The Kier molecular flexibility index (Phi) is 5.80. The van der Waals surface area contributed by atoms with Gasteiger partial charge in [-0.15, -0.1) is 0 Å². The molecule has 2 rings (SSSR count). The van der Waals surface area contributed by atoms with Crippen molar-refractivity contribution in [3.05, 3.63) is 24.4 Å². The number of hydrogen-bond acceptors (Lipinski definition) is 5. The molecule has 0 aromatic carbocycles. The lowest BCUT2D eigenvalue weighted by molar-refractivity contribution is -0.126. The summed E-state index contributed by atoms with van der Waals surface area (Å²) >= 11 is 0. The van der Waals surface area contributed by atoms with E-state index in [1.807, 2.05) is 4.90 Å². The Hall–Kier alpha value is -1.28. The van der Waals surface area contributed by atoms with Gasteiger partial charge in [-0.2, -0.15) is 0 Å². The van der Waals surface area contributed by atoms with E-state index in [0.717, 1.165) is 13.1 Å². The van der Waals surface area contributed by atoms with Crippen molar-refractivity contribution in [2.24, 2.45) is 0 Å². The van der Waals surface area contributed by atoms with E-state index in [1.54, 1.807) is 24.4 Å². The number of hydrogen-bond donors (Lipinski definition) is 2. The maximum Gasteiger partial charge on any atom is 0.255 e. The number of nitrogens with zero attached hydrogens (tertiary/aromatic N) is 2. The average Bonchev–Trinajstić information content (AvgIpc) is 2.44. The molecular weight excluding hydrogens is 322 g/mol. The Morgan fingerprint density at radius 3 is 2.67 bits per heavy atom. The zero-order valence-corrected chi connectivity index (χ0v) is 16.2. The minimum Gasteiger partial charge on any atom is -0.411 e. The molecule has 1 amide bonds. The molecule has 1 aromatic heterocycles. The molecule has 0 unspecified atom stereocenters. The van der Waals surface area contributed by atoms with Crippen LogP contribution < -0.4 is 5.32 Å². The highest BCUT2D eigenvalue weighted by atomic mass is 28.4. The van der Waals surface area contributed by atoms with Gasteiger partial charge < -0.3 is 14.8 Å². The molecule has 0 radical (unpaired) electrons. The van der Waals surface area contributed by atoms with Crippen LogP contribution in [-0.4, -0.2) is 61.1 Å². The largest absolute Gasteiger partial charge is 0.411 e. The van der Waals surface area contributed by atoms with E-state index in [2.05, 4.69) is 44.2 Å². The number of carbonyl (C=O) groups is 1. The SMILES string of the molecule is CC(C)(C)[Si](C)(C)OC1CN(C[C@H](O)C(=O)Nc2ccccn2)C1. The summed E-state index contributed by atoms with van der Waals surface area (Å²) in [6.07, 6.45) is 0.734. The van der Waals surface area contributed by atoms with Crippen molar-refractivity contribution in [3.63, 3.8) is 0 Å². The number of amides is 1. The minimum atomic E-state index is -1.76. The molecule has 0 bridgehead atoms. The number of aromatic nitrogens is 1. The van der Waals surface area contributed by atoms with Gasteiger partial charge in [0.25, 0.3) is 5.91 Å². The first-order valence-electron chi connectivity index (χ1n) is 8.38. The predicted octanol–water partition coefficient (Wildman–Crippen LogP) is 2.09. The molecule has 1 aliphatic rings. The number of rotatable bonds is 6. The van der Waals surface area contributed by atoms with E-state index >= 15 is 0 Å². The third kappa shape index (κ3) is 4.86. The van der Waals surface area contributed by atoms with Crippen LogP contribution in [0.15, 0.2) is 24.4 Å². The number of nitrogens with one attached hydrogen (secondary N) is 1. The van der Waals surface area contributed by atoms with Gasteiger partial charge in [-0.3, -0.25) is 9.69 Å². The van der Waals surface area contributed by atoms with Crippen LogP contribution in [0.4, 0.5) is 5.82 Å². The molecular formula is C17H29N3O3Si. The lowest BCUT2D eigenvalue weighted by Crippen LogP contribution is -2.59. The summed E-state index contributed by atoms with van der Waals surface area (Å²) in [7, 11) is -1.76. The molecule has 2 heterocycles. The zero-order chi connectivity index (χ0) is 18.0. The van der Waals surface area contributed by atoms with Gasteiger partial charge in [0.15, 0.2) is 8.32 Å². The van der Waals surface area contributed by atoms with Gasteiger partial charge >= 0.3 is 0 Å². The van der Waals surface area contributed by atoms with Crippen molar-refractivity contribution in [2.45, 2.75) is 51.1 Å². The summed E-state index contributed by atoms with van der Waals surface area (Å²) in [5, 5.41) is 12.9. The van der Waals surface area contributed by atoms with Gasteiger partial charge in [0.2, 0.25) is 0 Å². The molecule has 0 saturated carbocycles. The second kappa shape index (κ2) is 7.31. The van der Waals surface area contributed by atoms with Gasteiger partial charge in [0.05, 0.1) is 6.10 Å². The number of pyridine rings is 1. The Bertz CT molecular complexity index is 554. The van der Waals surface area contributed by atoms with Crippen molar-refractivity contribution >= 4 is 20.0 Å². The number of carbonyl (C=O) groups excluding carboxylic acids is 1. The molecule has 1 aromatic rings. The monoisotopic (exact) mass is 351 g/mol. The van der Waals surface area contributed by atoms with Crippen LogP contribution in [0, 0.1) is 0 Å². The second-order valence-corrected chi connectivity index (χ2v) is 12.7. The standard InChI is InChI=1S/C17H29N3O3Si/c1-17(2,3)24(4,5)23-13-10-20(11-13)12-14(21)16(22)19-15-8-6-7-9-18-15/h6-9,13-14,21H,10-12H2,1-5H3,(H,18,19,22)/t14-/m0/s1. The lowest BCUT2D eigenvalue weighted by Gasteiger charge is -2.46. The molecule has 2 N–H and O–H groups in total. The summed E-state index contributed by atoms with van der Waals surface area (Å²) in [5.41, 5.74) is 0.